The van der Waals surface area contributed by atoms with Gasteiger partial charge in [0.1, 0.15) is 5.75 Å². The van der Waals surface area contributed by atoms with Gasteiger partial charge in [-0.15, -0.1) is 0 Å². The molecule has 0 spiro atoms. The van der Waals surface area contributed by atoms with Crippen molar-refractivity contribution in [2.75, 3.05) is 13.7 Å². The van der Waals surface area contributed by atoms with Crippen LogP contribution < -0.4 is 9.46 Å². The maximum atomic E-state index is 12.5. The number of halogens is 3. The van der Waals surface area contributed by atoms with Crippen molar-refractivity contribution in [2.45, 2.75) is 11.1 Å². The SMILES string of the molecule is COc1ccccc1C#CCNS(=O)(=O)c1ccc(C(F)(F)F)cc1. The van der Waals surface area contributed by atoms with E-state index in [0.29, 0.717) is 11.3 Å². The van der Waals surface area contributed by atoms with Crippen LogP contribution in [0.4, 0.5) is 13.2 Å². The van der Waals surface area contributed by atoms with E-state index < -0.39 is 21.8 Å². The van der Waals surface area contributed by atoms with Gasteiger partial charge in [-0.3, -0.25) is 0 Å². The number of nitrogens with one attached hydrogen (secondary N) is 1. The Morgan fingerprint density at radius 1 is 1.08 bits per heavy atom. The Hall–Kier alpha value is -2.50. The Bertz CT molecular complexity index is 895. The molecule has 2 aromatic rings. The van der Waals surface area contributed by atoms with Crippen LogP contribution in [0.5, 0.6) is 5.75 Å². The van der Waals surface area contributed by atoms with Gasteiger partial charge in [-0.1, -0.05) is 24.0 Å². The van der Waals surface area contributed by atoms with Crippen LogP contribution in [0.25, 0.3) is 0 Å². The molecule has 0 aliphatic rings. The van der Waals surface area contributed by atoms with Gasteiger partial charge in [0.15, 0.2) is 0 Å². The van der Waals surface area contributed by atoms with Crippen LogP contribution in [0.3, 0.4) is 0 Å². The van der Waals surface area contributed by atoms with Gasteiger partial charge in [0.2, 0.25) is 10.0 Å². The van der Waals surface area contributed by atoms with Gasteiger partial charge in [-0.2, -0.15) is 17.9 Å². The van der Waals surface area contributed by atoms with E-state index in [2.05, 4.69) is 16.6 Å². The maximum absolute atomic E-state index is 12.5. The summed E-state index contributed by atoms with van der Waals surface area (Å²) in [6.45, 7) is -0.193. The number of sulfonamides is 1. The van der Waals surface area contributed by atoms with Gasteiger partial charge in [0, 0.05) is 0 Å². The van der Waals surface area contributed by atoms with E-state index in [9.17, 15) is 21.6 Å². The fourth-order valence-corrected chi connectivity index (χ4v) is 2.85. The normalized spacial score (nSPS) is 11.5. The fraction of sp³-hybridized carbons (Fsp3) is 0.176. The summed E-state index contributed by atoms with van der Waals surface area (Å²) in [5.74, 6) is 5.96. The number of ether oxygens (including phenoxy) is 1. The van der Waals surface area contributed by atoms with Crippen LogP contribution in [0.2, 0.25) is 0 Å². The third kappa shape index (κ3) is 4.98. The van der Waals surface area contributed by atoms with Crippen LogP contribution in [-0.4, -0.2) is 22.1 Å². The minimum atomic E-state index is -4.52. The number of hydrogen-bond donors (Lipinski definition) is 1. The molecule has 2 aromatic carbocycles. The first kappa shape index (κ1) is 18.8. The lowest BCUT2D eigenvalue weighted by atomic mass is 10.2. The van der Waals surface area contributed by atoms with Gasteiger partial charge >= 0.3 is 6.18 Å². The van der Waals surface area contributed by atoms with E-state index in [1.807, 2.05) is 0 Å². The Morgan fingerprint density at radius 3 is 2.32 bits per heavy atom. The smallest absolute Gasteiger partial charge is 0.416 e. The lowest BCUT2D eigenvalue weighted by Crippen LogP contribution is -2.24. The number of alkyl halides is 3. The molecule has 0 atom stereocenters. The molecule has 1 N–H and O–H groups in total. The van der Waals surface area contributed by atoms with Crippen molar-refractivity contribution in [1.29, 1.82) is 0 Å². The Morgan fingerprint density at radius 2 is 1.72 bits per heavy atom. The number of hydrogen-bond acceptors (Lipinski definition) is 3. The monoisotopic (exact) mass is 369 g/mol. The van der Waals surface area contributed by atoms with Crippen molar-refractivity contribution in [3.63, 3.8) is 0 Å². The summed E-state index contributed by atoms with van der Waals surface area (Å²) in [5.41, 5.74) is -0.318. The van der Waals surface area contributed by atoms with E-state index in [1.54, 1.807) is 24.3 Å². The van der Waals surface area contributed by atoms with Gasteiger partial charge < -0.3 is 4.74 Å². The number of methoxy groups -OCH3 is 1. The minimum absolute atomic E-state index is 0.193. The molecular weight excluding hydrogens is 355 g/mol. The van der Waals surface area contributed by atoms with Crippen molar-refractivity contribution in [2.24, 2.45) is 0 Å². The molecule has 0 aliphatic carbocycles. The van der Waals surface area contributed by atoms with Gasteiger partial charge in [0.25, 0.3) is 0 Å². The average Bonchev–Trinajstić information content (AvgIpc) is 2.58. The summed E-state index contributed by atoms with van der Waals surface area (Å²) in [4.78, 5) is -0.264. The number of rotatable bonds is 4. The van der Waals surface area contributed by atoms with Crippen LogP contribution in [0, 0.1) is 11.8 Å². The predicted molar refractivity (Wildman–Crippen MR) is 86.5 cm³/mol. The highest BCUT2D eigenvalue weighted by atomic mass is 32.2. The van der Waals surface area contributed by atoms with Crippen molar-refractivity contribution in [1.82, 2.24) is 4.72 Å². The van der Waals surface area contributed by atoms with Gasteiger partial charge in [0.05, 0.1) is 29.7 Å². The van der Waals surface area contributed by atoms with Crippen molar-refractivity contribution >= 4 is 10.0 Å². The Balaban J connectivity index is 2.07. The van der Waals surface area contributed by atoms with E-state index in [-0.39, 0.29) is 11.4 Å². The highest BCUT2D eigenvalue weighted by molar-refractivity contribution is 7.89. The zero-order chi connectivity index (χ0) is 18.5. The molecule has 0 radical (unpaired) electrons. The summed E-state index contributed by atoms with van der Waals surface area (Å²) in [7, 11) is -2.45. The number of benzene rings is 2. The molecule has 0 bridgehead atoms. The van der Waals surface area contributed by atoms with Crippen LogP contribution >= 0.6 is 0 Å². The van der Waals surface area contributed by atoms with Crippen LogP contribution in [0.15, 0.2) is 53.4 Å². The van der Waals surface area contributed by atoms with Crippen molar-refractivity contribution in [3.8, 4) is 17.6 Å². The zero-order valence-corrected chi connectivity index (χ0v) is 13.9. The zero-order valence-electron chi connectivity index (χ0n) is 13.1. The summed E-state index contributed by atoms with van der Waals surface area (Å²) < 4.78 is 68.9. The average molecular weight is 369 g/mol. The molecule has 0 saturated heterocycles. The molecule has 0 saturated carbocycles. The lowest BCUT2D eigenvalue weighted by molar-refractivity contribution is -0.137. The van der Waals surface area contributed by atoms with Crippen molar-refractivity contribution < 1.29 is 26.3 Å². The quantitative estimate of drug-likeness (QED) is 0.843. The van der Waals surface area contributed by atoms with Crippen molar-refractivity contribution in [3.05, 3.63) is 59.7 Å². The fourth-order valence-electron chi connectivity index (χ4n) is 1.92. The third-order valence-corrected chi connectivity index (χ3v) is 4.59. The second-order valence-electron chi connectivity index (χ2n) is 4.85. The third-order valence-electron chi connectivity index (χ3n) is 3.17. The highest BCUT2D eigenvalue weighted by Crippen LogP contribution is 2.29. The van der Waals surface area contributed by atoms with E-state index in [4.69, 9.17) is 4.74 Å². The Labute approximate surface area is 143 Å². The van der Waals surface area contributed by atoms with E-state index in [1.165, 1.54) is 7.11 Å². The highest BCUT2D eigenvalue weighted by Gasteiger charge is 2.30. The standard InChI is InChI=1S/C17H14F3NO3S/c1-24-16-7-3-2-5-13(16)6-4-12-21-25(22,23)15-10-8-14(9-11-15)17(18,19)20/h2-3,5,7-11,21H,12H2,1H3. The summed E-state index contributed by atoms with van der Waals surface area (Å²) >= 11 is 0. The first-order chi connectivity index (χ1) is 11.7. The van der Waals surface area contributed by atoms with Gasteiger partial charge in [-0.25, -0.2) is 8.42 Å². The predicted octanol–water partition coefficient (Wildman–Crippen LogP) is 3.04. The molecule has 0 heterocycles. The molecule has 4 nitrogen and oxygen atoms in total. The molecule has 0 aromatic heterocycles. The topological polar surface area (TPSA) is 55.4 Å². The molecule has 0 aliphatic heterocycles. The maximum Gasteiger partial charge on any atom is 0.416 e. The second kappa shape index (κ2) is 7.59. The first-order valence-corrected chi connectivity index (χ1v) is 8.51. The summed E-state index contributed by atoms with van der Waals surface area (Å²) in [5, 5.41) is 0. The second-order valence-corrected chi connectivity index (χ2v) is 6.62. The van der Waals surface area contributed by atoms with E-state index >= 15 is 0 Å². The largest absolute Gasteiger partial charge is 0.495 e. The van der Waals surface area contributed by atoms with Gasteiger partial charge in [-0.05, 0) is 36.4 Å². The minimum Gasteiger partial charge on any atom is -0.495 e. The lowest BCUT2D eigenvalue weighted by Gasteiger charge is -2.08. The van der Waals surface area contributed by atoms with Crippen LogP contribution in [-0.2, 0) is 16.2 Å². The summed E-state index contributed by atoms with van der Waals surface area (Å²) in [6, 6.07) is 10.2. The molecule has 8 heteroatoms. The summed E-state index contributed by atoms with van der Waals surface area (Å²) in [6.07, 6.45) is -4.52. The number of para-hydroxylation sites is 1. The molecular formula is C17H14F3NO3S. The van der Waals surface area contributed by atoms with Crippen LogP contribution in [0.1, 0.15) is 11.1 Å². The molecule has 132 valence electrons. The molecule has 0 amide bonds. The molecule has 2 rings (SSSR count). The molecule has 25 heavy (non-hydrogen) atoms. The van der Waals surface area contributed by atoms with E-state index in [0.717, 1.165) is 24.3 Å². The Kier molecular flexibility index (Phi) is 5.72. The molecule has 0 fully saturated rings. The molecule has 0 unspecified atom stereocenters. The first-order valence-electron chi connectivity index (χ1n) is 7.03.